The van der Waals surface area contributed by atoms with Crippen LogP contribution in [0.1, 0.15) is 25.0 Å². The summed E-state index contributed by atoms with van der Waals surface area (Å²) in [5.41, 5.74) is 13.6. The lowest BCUT2D eigenvalue weighted by Crippen LogP contribution is -2.14. The van der Waals surface area contributed by atoms with Gasteiger partial charge in [0.05, 0.1) is 22.4 Å². The van der Waals surface area contributed by atoms with Crippen molar-refractivity contribution in [3.8, 4) is 50.7 Å². The molecule has 0 amide bonds. The van der Waals surface area contributed by atoms with Crippen LogP contribution >= 0.6 is 0 Å². The molecule has 0 aliphatic heterocycles. The van der Waals surface area contributed by atoms with Crippen LogP contribution < -0.4 is 0 Å². The lowest BCUT2D eigenvalue weighted by atomic mass is 9.81. The maximum absolute atomic E-state index is 5.34. The molecule has 0 saturated carbocycles. The van der Waals surface area contributed by atoms with Crippen molar-refractivity contribution in [3.63, 3.8) is 0 Å². The molecule has 0 fully saturated rings. The fraction of sp³-hybridized carbons (Fsp3) is 0.0638. The van der Waals surface area contributed by atoms with Crippen molar-refractivity contribution in [1.29, 1.82) is 0 Å². The van der Waals surface area contributed by atoms with Crippen LogP contribution in [0.25, 0.3) is 83.3 Å². The van der Waals surface area contributed by atoms with Gasteiger partial charge in [0.1, 0.15) is 0 Å². The monoisotopic (exact) mass is 639 g/mol. The lowest BCUT2D eigenvalue weighted by molar-refractivity contribution is 0.661. The van der Waals surface area contributed by atoms with E-state index in [1.165, 1.54) is 49.3 Å². The van der Waals surface area contributed by atoms with Gasteiger partial charge in [-0.15, -0.1) is 0 Å². The van der Waals surface area contributed by atoms with Gasteiger partial charge in [0.25, 0.3) is 0 Å². The molecule has 9 aromatic rings. The molecule has 2 aromatic heterocycles. The van der Waals surface area contributed by atoms with Crippen molar-refractivity contribution in [1.82, 2.24) is 14.5 Å². The first kappa shape index (κ1) is 28.7. The molecule has 0 N–H and O–H groups in total. The summed E-state index contributed by atoms with van der Waals surface area (Å²) >= 11 is 0. The van der Waals surface area contributed by atoms with E-state index >= 15 is 0 Å². The summed E-state index contributed by atoms with van der Waals surface area (Å²) in [5.74, 6) is 0.718. The maximum atomic E-state index is 5.34. The van der Waals surface area contributed by atoms with E-state index in [1.807, 2.05) is 6.07 Å². The van der Waals surface area contributed by atoms with Crippen molar-refractivity contribution in [2.75, 3.05) is 0 Å². The maximum Gasteiger partial charge on any atom is 0.160 e. The third-order valence-corrected chi connectivity index (χ3v) is 10.6. The zero-order valence-electron chi connectivity index (χ0n) is 27.9. The number of hydrogen-bond donors (Lipinski definition) is 0. The highest BCUT2D eigenvalue weighted by Gasteiger charge is 2.37. The van der Waals surface area contributed by atoms with Crippen molar-refractivity contribution >= 4 is 32.6 Å². The standard InChI is InChI=1S/C47H33N3/c1-47(2)38-24-13-22-34(44(38)37-27-31-17-9-10-18-32(31)28-39(37)47)40-29-41(49-46(48-40)30-15-5-3-6-16-30)35-23-14-26-43-45(35)36-21-11-12-25-42(36)50(43)33-19-7-4-8-20-33/h3-29H,1-2H3. The Kier molecular flexibility index (Phi) is 6.22. The number of hydrogen-bond acceptors (Lipinski definition) is 2. The Morgan fingerprint density at radius 1 is 0.480 bits per heavy atom. The summed E-state index contributed by atoms with van der Waals surface area (Å²) in [6.07, 6.45) is 0. The molecular weight excluding hydrogens is 607 g/mol. The first-order valence-electron chi connectivity index (χ1n) is 17.3. The molecule has 0 spiro atoms. The van der Waals surface area contributed by atoms with E-state index < -0.39 is 0 Å². The van der Waals surface area contributed by atoms with Crippen LogP contribution in [0.2, 0.25) is 0 Å². The van der Waals surface area contributed by atoms with Gasteiger partial charge in [-0.3, -0.25) is 0 Å². The third-order valence-electron chi connectivity index (χ3n) is 10.6. The molecule has 3 heteroatoms. The van der Waals surface area contributed by atoms with Gasteiger partial charge in [0, 0.05) is 38.6 Å². The molecule has 2 heterocycles. The number of aromatic nitrogens is 3. The van der Waals surface area contributed by atoms with Crippen molar-refractivity contribution in [3.05, 3.63) is 175 Å². The molecule has 0 saturated heterocycles. The van der Waals surface area contributed by atoms with Gasteiger partial charge < -0.3 is 4.57 Å². The molecule has 0 unspecified atom stereocenters. The topological polar surface area (TPSA) is 30.7 Å². The number of benzene rings is 7. The van der Waals surface area contributed by atoms with Crippen LogP contribution in [0.5, 0.6) is 0 Å². The zero-order chi connectivity index (χ0) is 33.4. The fourth-order valence-electron chi connectivity index (χ4n) is 8.21. The highest BCUT2D eigenvalue weighted by molar-refractivity contribution is 6.15. The van der Waals surface area contributed by atoms with E-state index in [-0.39, 0.29) is 5.41 Å². The molecule has 3 nitrogen and oxygen atoms in total. The molecule has 1 aliphatic rings. The minimum absolute atomic E-state index is 0.145. The van der Waals surface area contributed by atoms with E-state index in [1.54, 1.807) is 0 Å². The molecule has 236 valence electrons. The van der Waals surface area contributed by atoms with Gasteiger partial charge in [0.15, 0.2) is 5.82 Å². The molecule has 7 aromatic carbocycles. The minimum Gasteiger partial charge on any atom is -0.309 e. The summed E-state index contributed by atoms with van der Waals surface area (Å²) < 4.78 is 2.36. The smallest absolute Gasteiger partial charge is 0.160 e. The first-order chi connectivity index (χ1) is 24.6. The Morgan fingerprint density at radius 2 is 1.10 bits per heavy atom. The Labute approximate surface area is 291 Å². The van der Waals surface area contributed by atoms with E-state index in [9.17, 15) is 0 Å². The van der Waals surface area contributed by atoms with Crippen molar-refractivity contribution in [2.45, 2.75) is 19.3 Å². The number of nitrogens with zero attached hydrogens (tertiary/aromatic N) is 3. The van der Waals surface area contributed by atoms with Gasteiger partial charge in [-0.05, 0) is 75.5 Å². The molecule has 1 aliphatic carbocycles. The highest BCUT2D eigenvalue weighted by Crippen LogP contribution is 2.53. The summed E-state index contributed by atoms with van der Waals surface area (Å²) in [5, 5.41) is 4.91. The normalized spacial score (nSPS) is 13.2. The quantitative estimate of drug-likeness (QED) is 0.192. The largest absolute Gasteiger partial charge is 0.309 e. The van der Waals surface area contributed by atoms with Gasteiger partial charge in [-0.2, -0.15) is 0 Å². The second-order valence-corrected chi connectivity index (χ2v) is 13.8. The average Bonchev–Trinajstić information content (AvgIpc) is 3.63. The van der Waals surface area contributed by atoms with Crippen molar-refractivity contribution in [2.24, 2.45) is 0 Å². The molecule has 0 atom stereocenters. The van der Waals surface area contributed by atoms with Crippen LogP contribution in [-0.4, -0.2) is 14.5 Å². The number of para-hydroxylation sites is 2. The van der Waals surface area contributed by atoms with E-state index in [0.717, 1.165) is 45.1 Å². The van der Waals surface area contributed by atoms with E-state index in [4.69, 9.17) is 9.97 Å². The van der Waals surface area contributed by atoms with E-state index in [0.29, 0.717) is 0 Å². The molecule has 10 rings (SSSR count). The second-order valence-electron chi connectivity index (χ2n) is 13.8. The molecule has 0 bridgehead atoms. The summed E-state index contributed by atoms with van der Waals surface area (Å²) in [4.78, 5) is 10.7. The Morgan fingerprint density at radius 3 is 1.90 bits per heavy atom. The van der Waals surface area contributed by atoms with Crippen LogP contribution in [0.15, 0.2) is 164 Å². The minimum atomic E-state index is -0.145. The SMILES string of the molecule is CC1(C)c2cc3ccccc3cc2-c2c(-c3cc(-c4cccc5c4c4ccccc4n5-c4ccccc4)nc(-c4ccccc4)n3)cccc21. The van der Waals surface area contributed by atoms with Gasteiger partial charge >= 0.3 is 0 Å². The molecule has 0 radical (unpaired) electrons. The predicted molar refractivity (Wildman–Crippen MR) is 208 cm³/mol. The predicted octanol–water partition coefficient (Wildman–Crippen LogP) is 12.0. The Hall–Kier alpha value is -6.32. The fourth-order valence-corrected chi connectivity index (χ4v) is 8.21. The van der Waals surface area contributed by atoms with Crippen molar-refractivity contribution < 1.29 is 0 Å². The third kappa shape index (κ3) is 4.23. The van der Waals surface area contributed by atoms with Gasteiger partial charge in [0.2, 0.25) is 0 Å². The number of fused-ring (bicyclic) bond motifs is 7. The average molecular weight is 640 g/mol. The zero-order valence-corrected chi connectivity index (χ0v) is 27.9. The molecular formula is C47H33N3. The van der Waals surface area contributed by atoms with Crippen LogP contribution in [-0.2, 0) is 5.41 Å². The van der Waals surface area contributed by atoms with Gasteiger partial charge in [-0.25, -0.2) is 9.97 Å². The Bertz CT molecular complexity index is 2770. The Balaban J connectivity index is 1.27. The van der Waals surface area contributed by atoms with Crippen LogP contribution in [0, 0.1) is 0 Å². The second kappa shape index (κ2) is 10.8. The van der Waals surface area contributed by atoms with E-state index in [2.05, 4.69) is 176 Å². The lowest BCUT2D eigenvalue weighted by Gasteiger charge is -2.22. The van der Waals surface area contributed by atoms with Crippen LogP contribution in [0.3, 0.4) is 0 Å². The summed E-state index contributed by atoms with van der Waals surface area (Å²) in [6, 6.07) is 58.6. The molecule has 50 heavy (non-hydrogen) atoms. The van der Waals surface area contributed by atoms with Gasteiger partial charge in [-0.1, -0.05) is 135 Å². The summed E-state index contributed by atoms with van der Waals surface area (Å²) in [7, 11) is 0. The van der Waals surface area contributed by atoms with Crippen LogP contribution in [0.4, 0.5) is 0 Å². The number of rotatable bonds is 4. The first-order valence-corrected chi connectivity index (χ1v) is 17.3. The highest BCUT2D eigenvalue weighted by atomic mass is 15.0. The summed E-state index contributed by atoms with van der Waals surface area (Å²) in [6.45, 7) is 4.69.